The molecule has 0 N–H and O–H groups in total. The average molecular weight is 590 g/mol. The normalized spacial score (nSPS) is 14.1. The maximum absolute atomic E-state index is 6.13. The Balaban J connectivity index is 1.21. The Morgan fingerprint density at radius 3 is 2.20 bits per heavy atom. The first kappa shape index (κ1) is 26.5. The van der Waals surface area contributed by atoms with E-state index >= 15 is 0 Å². The molecule has 2 heteroatoms. The quantitative estimate of drug-likeness (QED) is 0.199. The van der Waals surface area contributed by atoms with Crippen LogP contribution in [0.5, 0.6) is 0 Å². The molecule has 218 valence electrons. The van der Waals surface area contributed by atoms with Crippen LogP contribution in [0.3, 0.4) is 0 Å². The molecule has 7 aromatic carbocycles. The summed E-state index contributed by atoms with van der Waals surface area (Å²) < 4.78 is 6.13. The number of nitrogens with zero attached hydrogens (tertiary/aromatic N) is 1. The molecule has 1 unspecified atom stereocenters. The smallest absolute Gasteiger partial charge is 0.135 e. The van der Waals surface area contributed by atoms with E-state index in [0.29, 0.717) is 5.92 Å². The summed E-state index contributed by atoms with van der Waals surface area (Å²) in [4.78, 5) is 2.42. The largest absolute Gasteiger partial charge is 0.456 e. The second-order valence-corrected chi connectivity index (χ2v) is 12.1. The van der Waals surface area contributed by atoms with Gasteiger partial charge in [-0.05, 0) is 88.2 Å². The third-order valence-electron chi connectivity index (χ3n) is 9.39. The monoisotopic (exact) mass is 589 g/mol. The standard InChI is InChI=1S/C44H31NO/c1-3-19-37-30(11-1)13-9-22-38(37)34-16-8-18-36(28-34)45(42-23-10-14-31-12-2-4-20-39(31)42)35-17-7-15-32(27-35)33-25-26-44-41(29-33)40-21-5-6-24-43(40)46-44/h1-21,23-29,38H,22H2. The van der Waals surface area contributed by atoms with Crippen LogP contribution in [0, 0.1) is 0 Å². The first-order valence-electron chi connectivity index (χ1n) is 16.0. The van der Waals surface area contributed by atoms with Crippen molar-refractivity contribution in [3.05, 3.63) is 180 Å². The number of allylic oxidation sites excluding steroid dienone is 1. The molecule has 0 saturated heterocycles. The molecular weight excluding hydrogens is 558 g/mol. The van der Waals surface area contributed by atoms with E-state index in [4.69, 9.17) is 4.42 Å². The number of benzene rings is 7. The Kier molecular flexibility index (Phi) is 6.31. The molecule has 1 aromatic heterocycles. The van der Waals surface area contributed by atoms with E-state index in [0.717, 1.165) is 56.5 Å². The predicted octanol–water partition coefficient (Wildman–Crippen LogP) is 12.4. The predicted molar refractivity (Wildman–Crippen MR) is 193 cm³/mol. The molecule has 0 amide bonds. The van der Waals surface area contributed by atoms with Crippen molar-refractivity contribution in [1.29, 1.82) is 0 Å². The topological polar surface area (TPSA) is 16.4 Å². The molecule has 0 fully saturated rings. The molecule has 2 nitrogen and oxygen atoms in total. The minimum Gasteiger partial charge on any atom is -0.456 e. The van der Waals surface area contributed by atoms with Gasteiger partial charge in [0.15, 0.2) is 0 Å². The van der Waals surface area contributed by atoms with Gasteiger partial charge in [0.1, 0.15) is 11.2 Å². The molecule has 0 aliphatic heterocycles. The molecule has 46 heavy (non-hydrogen) atoms. The van der Waals surface area contributed by atoms with Gasteiger partial charge in [0.25, 0.3) is 0 Å². The van der Waals surface area contributed by atoms with Gasteiger partial charge in [0, 0.05) is 33.5 Å². The van der Waals surface area contributed by atoms with Crippen molar-refractivity contribution in [1.82, 2.24) is 0 Å². The van der Waals surface area contributed by atoms with E-state index in [1.165, 1.54) is 27.5 Å². The Morgan fingerprint density at radius 2 is 1.24 bits per heavy atom. The van der Waals surface area contributed by atoms with Crippen LogP contribution in [0.2, 0.25) is 0 Å². The number of fused-ring (bicyclic) bond motifs is 5. The lowest BCUT2D eigenvalue weighted by molar-refractivity contribution is 0.669. The highest BCUT2D eigenvalue weighted by atomic mass is 16.3. The molecule has 8 aromatic rings. The number of para-hydroxylation sites is 1. The van der Waals surface area contributed by atoms with Crippen molar-refractivity contribution in [2.24, 2.45) is 0 Å². The summed E-state index contributed by atoms with van der Waals surface area (Å²) in [6, 6.07) is 56.9. The molecule has 1 atom stereocenters. The maximum Gasteiger partial charge on any atom is 0.135 e. The molecule has 0 saturated carbocycles. The van der Waals surface area contributed by atoms with Gasteiger partial charge < -0.3 is 9.32 Å². The number of anilines is 3. The lowest BCUT2D eigenvalue weighted by Crippen LogP contribution is -2.12. The van der Waals surface area contributed by atoms with E-state index < -0.39 is 0 Å². The fourth-order valence-corrected chi connectivity index (χ4v) is 7.20. The van der Waals surface area contributed by atoms with Gasteiger partial charge in [-0.1, -0.05) is 121 Å². The van der Waals surface area contributed by atoms with Crippen LogP contribution >= 0.6 is 0 Å². The third kappa shape index (κ3) is 4.50. The summed E-state index contributed by atoms with van der Waals surface area (Å²) in [5, 5.41) is 4.72. The Labute approximate surface area is 268 Å². The van der Waals surface area contributed by atoms with Crippen LogP contribution in [0.1, 0.15) is 29.0 Å². The molecular formula is C44H31NO. The third-order valence-corrected chi connectivity index (χ3v) is 9.39. The summed E-state index contributed by atoms with van der Waals surface area (Å²) in [6.45, 7) is 0. The lowest BCUT2D eigenvalue weighted by atomic mass is 9.82. The Hall–Kier alpha value is -5.86. The zero-order valence-corrected chi connectivity index (χ0v) is 25.3. The SMILES string of the molecule is C1=Cc2ccccc2C(c2cccc(N(c3cccc(-c4ccc5oc6ccccc6c5c4)c3)c3cccc4ccccc34)c2)C1. The van der Waals surface area contributed by atoms with E-state index in [-0.39, 0.29) is 0 Å². The van der Waals surface area contributed by atoms with Crippen molar-refractivity contribution in [3.8, 4) is 11.1 Å². The molecule has 9 rings (SSSR count). The minimum absolute atomic E-state index is 0.318. The van der Waals surface area contributed by atoms with Crippen molar-refractivity contribution in [3.63, 3.8) is 0 Å². The first-order valence-corrected chi connectivity index (χ1v) is 16.0. The van der Waals surface area contributed by atoms with Crippen LogP contribution in [-0.2, 0) is 0 Å². The van der Waals surface area contributed by atoms with Crippen LogP contribution in [0.25, 0.3) is 49.9 Å². The Bertz CT molecular complexity index is 2420. The fourth-order valence-electron chi connectivity index (χ4n) is 7.20. The lowest BCUT2D eigenvalue weighted by Gasteiger charge is -2.29. The molecule has 0 radical (unpaired) electrons. The maximum atomic E-state index is 6.13. The van der Waals surface area contributed by atoms with Gasteiger partial charge >= 0.3 is 0 Å². The highest BCUT2D eigenvalue weighted by Gasteiger charge is 2.21. The van der Waals surface area contributed by atoms with E-state index in [1.807, 2.05) is 12.1 Å². The zero-order valence-electron chi connectivity index (χ0n) is 25.3. The summed E-state index contributed by atoms with van der Waals surface area (Å²) in [6.07, 6.45) is 5.56. The summed E-state index contributed by atoms with van der Waals surface area (Å²) >= 11 is 0. The van der Waals surface area contributed by atoms with Crippen LogP contribution in [-0.4, -0.2) is 0 Å². The van der Waals surface area contributed by atoms with E-state index in [1.54, 1.807) is 0 Å². The van der Waals surface area contributed by atoms with Crippen LogP contribution in [0.15, 0.2) is 168 Å². The van der Waals surface area contributed by atoms with Crippen molar-refractivity contribution < 1.29 is 4.42 Å². The van der Waals surface area contributed by atoms with Gasteiger partial charge in [-0.3, -0.25) is 0 Å². The highest BCUT2D eigenvalue weighted by Crippen LogP contribution is 2.43. The first-order chi connectivity index (χ1) is 22.8. The average Bonchev–Trinajstić information content (AvgIpc) is 3.50. The number of rotatable bonds is 5. The summed E-state index contributed by atoms with van der Waals surface area (Å²) in [7, 11) is 0. The number of furan rings is 1. The highest BCUT2D eigenvalue weighted by molar-refractivity contribution is 6.06. The van der Waals surface area contributed by atoms with Crippen LogP contribution in [0.4, 0.5) is 17.1 Å². The summed E-state index contributed by atoms with van der Waals surface area (Å²) in [5.74, 6) is 0.318. The Morgan fingerprint density at radius 1 is 0.522 bits per heavy atom. The fraction of sp³-hybridized carbons (Fsp3) is 0.0455. The van der Waals surface area contributed by atoms with E-state index in [2.05, 4.69) is 163 Å². The van der Waals surface area contributed by atoms with Gasteiger partial charge in [0.05, 0.1) is 5.69 Å². The molecule has 1 aliphatic rings. The molecule has 0 spiro atoms. The van der Waals surface area contributed by atoms with Gasteiger partial charge in [-0.15, -0.1) is 0 Å². The molecule has 1 heterocycles. The zero-order chi connectivity index (χ0) is 30.5. The summed E-state index contributed by atoms with van der Waals surface area (Å²) in [5.41, 5.74) is 11.6. The van der Waals surface area contributed by atoms with Crippen molar-refractivity contribution >= 4 is 55.8 Å². The van der Waals surface area contributed by atoms with Gasteiger partial charge in [0.2, 0.25) is 0 Å². The second-order valence-electron chi connectivity index (χ2n) is 12.1. The molecule has 1 aliphatic carbocycles. The van der Waals surface area contributed by atoms with Gasteiger partial charge in [-0.2, -0.15) is 0 Å². The van der Waals surface area contributed by atoms with Gasteiger partial charge in [-0.25, -0.2) is 0 Å². The van der Waals surface area contributed by atoms with Crippen LogP contribution < -0.4 is 4.90 Å². The number of hydrogen-bond acceptors (Lipinski definition) is 2. The molecule has 0 bridgehead atoms. The van der Waals surface area contributed by atoms with Crippen molar-refractivity contribution in [2.45, 2.75) is 12.3 Å². The number of hydrogen-bond donors (Lipinski definition) is 0. The van der Waals surface area contributed by atoms with E-state index in [9.17, 15) is 0 Å². The second kappa shape index (κ2) is 10.9. The minimum atomic E-state index is 0.318. The van der Waals surface area contributed by atoms with Crippen molar-refractivity contribution in [2.75, 3.05) is 4.90 Å².